The zero-order valence-electron chi connectivity index (χ0n) is 28.9. The lowest BCUT2D eigenvalue weighted by Crippen LogP contribution is -2.35. The number of aromatic nitrogens is 6. The van der Waals surface area contributed by atoms with E-state index in [4.69, 9.17) is 31.1 Å². The van der Waals surface area contributed by atoms with Crippen LogP contribution in [0.4, 0.5) is 25.4 Å². The smallest absolute Gasteiger partial charge is 0.255 e. The molecule has 8 rings (SSSR count). The van der Waals surface area contributed by atoms with Crippen LogP contribution in [-0.2, 0) is 18.3 Å². The molecule has 0 radical (unpaired) electrons. The minimum atomic E-state index is -2.67. The summed E-state index contributed by atoms with van der Waals surface area (Å²) in [6, 6.07) is 5.49. The molecule has 0 amide bonds. The number of anilines is 3. The number of aryl methyl sites for hydroxylation is 1. The molecule has 0 saturated carbocycles. The van der Waals surface area contributed by atoms with E-state index in [1.54, 1.807) is 29.4 Å². The van der Waals surface area contributed by atoms with Gasteiger partial charge in [-0.25, -0.2) is 28.4 Å². The molecule has 0 aromatic carbocycles. The average molecular weight is 714 g/mol. The number of thiophene rings is 1. The molecule has 1 aliphatic heterocycles. The van der Waals surface area contributed by atoms with Crippen LogP contribution in [0.1, 0.15) is 97.3 Å². The monoisotopic (exact) mass is 713 g/mol. The predicted octanol–water partition coefficient (Wildman–Crippen LogP) is 6.42. The van der Waals surface area contributed by atoms with Crippen LogP contribution in [0.15, 0.2) is 29.0 Å². The van der Waals surface area contributed by atoms with Crippen molar-refractivity contribution in [2.24, 2.45) is 0 Å². The lowest BCUT2D eigenvalue weighted by atomic mass is 9.63. The molecule has 4 atom stereocenters. The molecule has 2 aliphatic carbocycles. The van der Waals surface area contributed by atoms with Crippen molar-refractivity contribution in [2.75, 3.05) is 36.5 Å². The Morgan fingerprint density at radius 1 is 1.18 bits per heavy atom. The lowest BCUT2D eigenvalue weighted by Gasteiger charge is -2.39. The number of fused-ring (bicyclic) bond motifs is 5. The van der Waals surface area contributed by atoms with Crippen LogP contribution >= 0.6 is 11.3 Å². The van der Waals surface area contributed by atoms with Gasteiger partial charge in [0.25, 0.3) is 6.43 Å². The Kier molecular flexibility index (Phi) is 8.41. The Balaban J connectivity index is 1.33. The highest BCUT2D eigenvalue weighted by Gasteiger charge is 2.49. The maximum absolute atomic E-state index is 14.5. The van der Waals surface area contributed by atoms with Gasteiger partial charge in [0.2, 0.25) is 0 Å². The number of likely N-dealkylation sites (tertiary alicyclic amines) is 1. The van der Waals surface area contributed by atoms with Gasteiger partial charge in [-0.05, 0) is 90.4 Å². The molecule has 6 heterocycles. The summed E-state index contributed by atoms with van der Waals surface area (Å²) in [6.45, 7) is 4.33. The van der Waals surface area contributed by atoms with E-state index < -0.39 is 24.4 Å². The summed E-state index contributed by atoms with van der Waals surface area (Å²) in [6.07, 6.45) is 7.61. The highest BCUT2D eigenvalue weighted by Crippen LogP contribution is 2.55. The highest BCUT2D eigenvalue weighted by atomic mass is 32.1. The summed E-state index contributed by atoms with van der Waals surface area (Å²) in [7, 11) is 2.11. The third kappa shape index (κ3) is 5.33. The van der Waals surface area contributed by atoms with Crippen LogP contribution in [0, 0.1) is 11.3 Å². The first-order valence-electron chi connectivity index (χ1n) is 17.6. The average Bonchev–Trinajstić information content (AvgIpc) is 3.91. The number of rotatable bonds is 8. The SMILES string of the molecule is C[C@H](c1cccnc1N)N(CC(F)F)c1nc(-c2noc3c2CCC[C@@]32CCCc3sc(N)c(C#N)c32)nc2c1cnn2[C@@H](C)[C@@H]1CCCN1C. The van der Waals surface area contributed by atoms with E-state index in [1.807, 2.05) is 11.6 Å². The van der Waals surface area contributed by atoms with Crippen molar-refractivity contribution in [2.45, 2.75) is 95.2 Å². The van der Waals surface area contributed by atoms with Crippen molar-refractivity contribution in [1.29, 1.82) is 5.26 Å². The summed E-state index contributed by atoms with van der Waals surface area (Å²) in [5.74, 6) is 1.57. The summed E-state index contributed by atoms with van der Waals surface area (Å²) in [5.41, 5.74) is 16.1. The van der Waals surface area contributed by atoms with Gasteiger partial charge in [0, 0.05) is 28.2 Å². The van der Waals surface area contributed by atoms with Gasteiger partial charge in [0.1, 0.15) is 22.7 Å². The number of nitrogen functional groups attached to an aromatic ring is 2. The van der Waals surface area contributed by atoms with E-state index in [0.29, 0.717) is 45.1 Å². The number of hydrogen-bond donors (Lipinski definition) is 2. The van der Waals surface area contributed by atoms with Crippen LogP contribution in [0.25, 0.3) is 22.6 Å². The summed E-state index contributed by atoms with van der Waals surface area (Å²) < 4.78 is 37.2. The van der Waals surface area contributed by atoms with Gasteiger partial charge < -0.3 is 25.8 Å². The van der Waals surface area contributed by atoms with Crippen molar-refractivity contribution >= 4 is 39.0 Å². The maximum Gasteiger partial charge on any atom is 0.255 e. The first-order valence-corrected chi connectivity index (χ1v) is 18.5. The fourth-order valence-corrected chi connectivity index (χ4v) is 10.1. The minimum absolute atomic E-state index is 0.0517. The normalized spacial score (nSPS) is 21.5. The topological polar surface area (TPSA) is 165 Å². The third-order valence-electron chi connectivity index (χ3n) is 11.4. The van der Waals surface area contributed by atoms with Crippen molar-refractivity contribution in [3.05, 3.63) is 57.4 Å². The Morgan fingerprint density at radius 3 is 2.71 bits per heavy atom. The van der Waals surface area contributed by atoms with E-state index in [0.717, 1.165) is 73.3 Å². The number of likely N-dealkylation sites (N-methyl/N-ethyl adjacent to an activating group) is 1. The second-order valence-corrected chi connectivity index (χ2v) is 15.3. The van der Waals surface area contributed by atoms with Gasteiger partial charge in [0.15, 0.2) is 22.9 Å². The standard InChI is InChI=1S/C36H41F2N11OS/c1-19(21-9-6-14-42-31(21)40)48(18-27(37)38)34-24-17-43-49(20(2)25-10-7-15-47(25)3)35(24)45-33(44-34)29-22-8-4-12-36(30(22)50-46-29)13-5-11-26-28(36)23(16-39)32(41)51-26/h6,9,14,17,19-20,25,27H,4-5,7-8,10-13,15,18,41H2,1-3H3,(H2,40,42)/t19-,20+,25+,36+/m1/s1. The van der Waals surface area contributed by atoms with Crippen molar-refractivity contribution in [1.82, 2.24) is 34.8 Å². The van der Waals surface area contributed by atoms with Crippen LogP contribution in [-0.4, -0.2) is 67.4 Å². The molecule has 0 bridgehead atoms. The minimum Gasteiger partial charge on any atom is -0.389 e. The van der Waals surface area contributed by atoms with Gasteiger partial charge in [-0.1, -0.05) is 11.2 Å². The highest BCUT2D eigenvalue weighted by molar-refractivity contribution is 7.16. The Bertz CT molecular complexity index is 2150. The molecule has 1 saturated heterocycles. The van der Waals surface area contributed by atoms with Gasteiger partial charge in [0.05, 0.1) is 41.2 Å². The second kappa shape index (κ2) is 12.8. The molecule has 266 valence electrons. The number of nitriles is 1. The number of alkyl halides is 2. The molecule has 12 nitrogen and oxygen atoms in total. The van der Waals surface area contributed by atoms with Crippen molar-refractivity contribution in [3.63, 3.8) is 0 Å². The predicted molar refractivity (Wildman–Crippen MR) is 192 cm³/mol. The molecule has 4 N–H and O–H groups in total. The summed E-state index contributed by atoms with van der Waals surface area (Å²) in [5, 5.41) is 20.7. The van der Waals surface area contributed by atoms with Crippen LogP contribution < -0.4 is 16.4 Å². The molecule has 51 heavy (non-hydrogen) atoms. The first-order chi connectivity index (χ1) is 24.6. The van der Waals surface area contributed by atoms with E-state index in [1.165, 1.54) is 11.3 Å². The molecule has 3 aliphatic rings. The number of nitrogens with zero attached hydrogens (tertiary/aromatic N) is 9. The van der Waals surface area contributed by atoms with E-state index in [2.05, 4.69) is 35.1 Å². The van der Waals surface area contributed by atoms with Gasteiger partial charge >= 0.3 is 0 Å². The zero-order chi connectivity index (χ0) is 35.6. The fourth-order valence-electron chi connectivity index (χ4n) is 8.99. The van der Waals surface area contributed by atoms with E-state index >= 15 is 0 Å². The van der Waals surface area contributed by atoms with Crippen molar-refractivity contribution < 1.29 is 13.3 Å². The number of pyridine rings is 1. The van der Waals surface area contributed by atoms with E-state index in [-0.39, 0.29) is 23.7 Å². The molecule has 1 fully saturated rings. The number of nitrogens with two attached hydrogens (primary N) is 2. The quantitative estimate of drug-likeness (QED) is 0.182. The molecule has 5 aromatic heterocycles. The van der Waals surface area contributed by atoms with Gasteiger partial charge in [-0.3, -0.25) is 0 Å². The van der Waals surface area contributed by atoms with Crippen LogP contribution in [0.5, 0.6) is 0 Å². The first kappa shape index (κ1) is 33.5. The van der Waals surface area contributed by atoms with Crippen molar-refractivity contribution in [3.8, 4) is 17.6 Å². The fraction of sp³-hybridized carbons (Fsp3) is 0.500. The van der Waals surface area contributed by atoms with Gasteiger partial charge in [-0.15, -0.1) is 11.3 Å². The molecule has 0 unspecified atom stereocenters. The van der Waals surface area contributed by atoms with Gasteiger partial charge in [-0.2, -0.15) is 10.4 Å². The summed E-state index contributed by atoms with van der Waals surface area (Å²) >= 11 is 1.49. The molecular formula is C36H41F2N11OS. The molecule has 1 spiro atoms. The zero-order valence-corrected chi connectivity index (χ0v) is 29.8. The number of hydrogen-bond acceptors (Lipinski definition) is 12. The largest absolute Gasteiger partial charge is 0.389 e. The Labute approximate surface area is 298 Å². The third-order valence-corrected chi connectivity index (χ3v) is 12.5. The molecular weight excluding hydrogens is 673 g/mol. The summed E-state index contributed by atoms with van der Waals surface area (Å²) in [4.78, 5) is 19.4. The van der Waals surface area contributed by atoms with Crippen LogP contribution in [0.2, 0.25) is 0 Å². The second-order valence-electron chi connectivity index (χ2n) is 14.2. The molecule has 5 aromatic rings. The Hall–Kier alpha value is -4.68. The lowest BCUT2D eigenvalue weighted by molar-refractivity contribution is 0.152. The van der Waals surface area contributed by atoms with Crippen LogP contribution in [0.3, 0.4) is 0 Å². The Morgan fingerprint density at radius 2 is 1.98 bits per heavy atom. The maximum atomic E-state index is 14.5. The number of halogens is 2. The van der Waals surface area contributed by atoms with E-state index in [9.17, 15) is 14.0 Å². The molecule has 15 heteroatoms.